The Hall–Kier alpha value is 2.68. The Morgan fingerprint density at radius 1 is 1.25 bits per heavy atom. The molecule has 0 aliphatic heterocycles. The molecule has 0 aromatic heterocycles. The summed E-state index contributed by atoms with van der Waals surface area (Å²) in [6.07, 6.45) is 0. The standard InChI is InChI=1S/Bi.Cu.O.Sr.3H. The van der Waals surface area contributed by atoms with Crippen LogP contribution in [-0.2, 0) is 19.9 Å². The van der Waals surface area contributed by atoms with Crippen LogP contribution >= 0.6 is 0 Å². The van der Waals surface area contributed by atoms with Crippen LogP contribution in [0.25, 0.3) is 0 Å². The van der Waals surface area contributed by atoms with Gasteiger partial charge in [0.1, 0.15) is 0 Å². The zero-order valence-electron chi connectivity index (χ0n) is 1.21. The molecule has 0 aliphatic rings. The molecule has 0 bridgehead atoms. The molecule has 0 fully saturated rings. The van der Waals surface area contributed by atoms with E-state index in [0.717, 1.165) is 0 Å². The second-order valence-corrected chi connectivity index (χ2v) is 0. The molecule has 0 aromatic rings. The fourth-order valence-electron chi connectivity index (χ4n) is 0. The molecule has 0 saturated carbocycles. The van der Waals surface area contributed by atoms with E-state index in [1.807, 2.05) is 0 Å². The average Bonchev–Trinajstić information content (AvgIpc) is 1.00. The van der Waals surface area contributed by atoms with Gasteiger partial charge in [-0.2, -0.15) is 0 Å². The van der Waals surface area contributed by atoms with Crippen LogP contribution in [-0.4, -0.2) is 70.2 Å². The number of rotatable bonds is 0. The van der Waals surface area contributed by atoms with Crippen molar-refractivity contribution in [3.8, 4) is 0 Å². The van der Waals surface area contributed by atoms with Gasteiger partial charge in [0.05, 0.1) is 0 Å². The molecule has 1 nitrogen and oxygen atoms in total. The van der Waals surface area contributed by atoms with E-state index in [-0.39, 0.29) is 87.3 Å². The van der Waals surface area contributed by atoms with Crippen molar-refractivity contribution in [2.24, 2.45) is 0 Å². The van der Waals surface area contributed by atoms with E-state index in [9.17, 15) is 0 Å². The predicted octanol–water partition coefficient (Wildman–Crippen LogP) is -1.69. The van der Waals surface area contributed by atoms with Crippen LogP contribution in [0.4, 0.5) is 0 Å². The molecule has 4 heavy (non-hydrogen) atoms. The molecule has 0 rings (SSSR count). The van der Waals surface area contributed by atoms with Crippen molar-refractivity contribution >= 4 is 70.2 Å². The van der Waals surface area contributed by atoms with E-state index in [0.29, 0.717) is 0 Å². The third-order valence-corrected chi connectivity index (χ3v) is 0. The molecule has 0 spiro atoms. The molecule has 27 valence electrons. The third kappa shape index (κ3) is 8.82. The number of hydrogen-bond donors (Lipinski definition) is 0. The van der Waals surface area contributed by atoms with E-state index in [4.69, 9.17) is 2.81 Å². The van der Waals surface area contributed by atoms with Crippen LogP contribution in [0, 0.1) is 0 Å². The molecule has 4 heteroatoms. The Kier molecular flexibility index (Phi) is 68.9. The first-order chi connectivity index (χ1) is 1.00. The minimum absolute atomic E-state index is 0. The van der Waals surface area contributed by atoms with Crippen molar-refractivity contribution < 1.29 is 19.9 Å². The molecule has 0 aromatic carbocycles. The summed E-state index contributed by atoms with van der Waals surface area (Å²) >= 11 is 0.0556. The van der Waals surface area contributed by atoms with Crippen molar-refractivity contribution in [1.82, 2.24) is 0 Å². The second kappa shape index (κ2) is 17.3. The first-order valence-electron chi connectivity index (χ1n) is 0.204. The van der Waals surface area contributed by atoms with Gasteiger partial charge >= 0.3 is 73.0 Å². The maximum atomic E-state index is 8.39. The quantitative estimate of drug-likeness (QED) is 0.460. The summed E-state index contributed by atoms with van der Waals surface area (Å²) in [4.78, 5) is 0. The summed E-state index contributed by atoms with van der Waals surface area (Å²) in [5.74, 6) is 0. The van der Waals surface area contributed by atoms with Crippen LogP contribution in [0.5, 0.6) is 0 Å². The fraction of sp³-hybridized carbons (Fsp3) is 0. The van der Waals surface area contributed by atoms with Gasteiger partial charge in [-0.15, -0.1) is 0 Å². The van der Waals surface area contributed by atoms with Crippen molar-refractivity contribution in [2.75, 3.05) is 0 Å². The second-order valence-electron chi connectivity index (χ2n) is 0. The summed E-state index contributed by atoms with van der Waals surface area (Å²) in [6.45, 7) is 0. The van der Waals surface area contributed by atoms with Gasteiger partial charge in [0, 0.05) is 17.1 Å². The normalized spacial score (nSPS) is 1.00. The zero-order valence-corrected chi connectivity index (χ0v) is 6.04. The van der Waals surface area contributed by atoms with Crippen LogP contribution in [0.2, 0.25) is 0 Å². The van der Waals surface area contributed by atoms with E-state index in [1.54, 1.807) is 0 Å². The van der Waals surface area contributed by atoms with E-state index >= 15 is 0 Å². The zero-order chi connectivity index (χ0) is 2.00. The van der Waals surface area contributed by atoms with Crippen molar-refractivity contribution in [2.45, 2.75) is 0 Å². The molecule has 0 heterocycles. The summed E-state index contributed by atoms with van der Waals surface area (Å²) < 4.78 is 8.39. The molecular weight excluding hydrogens is 376 g/mol. The van der Waals surface area contributed by atoms with E-state index in [1.165, 1.54) is 0 Å². The molecule has 0 aliphatic carbocycles. The predicted molar refractivity (Wildman–Crippen MR) is 16.4 cm³/mol. The van der Waals surface area contributed by atoms with Gasteiger partial charge in [-0.3, -0.25) is 0 Å². The van der Waals surface area contributed by atoms with Crippen molar-refractivity contribution in [3.63, 3.8) is 0 Å². The van der Waals surface area contributed by atoms with Gasteiger partial charge < -0.3 is 0 Å². The molecule has 0 unspecified atom stereocenters. The first kappa shape index (κ1) is 15.9. The van der Waals surface area contributed by atoms with E-state index in [2.05, 4.69) is 0 Å². The molecule has 0 amide bonds. The van der Waals surface area contributed by atoms with Crippen LogP contribution in [0.15, 0.2) is 0 Å². The topological polar surface area (TPSA) is 17.1 Å². The Morgan fingerprint density at radius 3 is 1.25 bits per heavy atom. The Labute approximate surface area is 87.9 Å². The molecular formula is H3BiCuOSr. The van der Waals surface area contributed by atoms with Crippen LogP contribution in [0.1, 0.15) is 0 Å². The fourth-order valence-corrected chi connectivity index (χ4v) is 0. The summed E-state index contributed by atoms with van der Waals surface area (Å²) in [5.41, 5.74) is 0. The van der Waals surface area contributed by atoms with Gasteiger partial charge in [0.15, 0.2) is 0 Å². The maximum absolute atomic E-state index is 8.39. The summed E-state index contributed by atoms with van der Waals surface area (Å²) in [5, 5.41) is 0. The average molecular weight is 379 g/mol. The van der Waals surface area contributed by atoms with Crippen LogP contribution in [0.3, 0.4) is 0 Å². The van der Waals surface area contributed by atoms with E-state index < -0.39 is 0 Å². The van der Waals surface area contributed by atoms with Gasteiger partial charge in [0.2, 0.25) is 0 Å². The van der Waals surface area contributed by atoms with Crippen molar-refractivity contribution in [1.29, 1.82) is 0 Å². The van der Waals surface area contributed by atoms with Gasteiger partial charge in [-0.05, 0) is 0 Å². The van der Waals surface area contributed by atoms with Gasteiger partial charge in [-0.25, -0.2) is 0 Å². The molecule has 0 N–H and O–H groups in total. The van der Waals surface area contributed by atoms with Gasteiger partial charge in [-0.1, -0.05) is 0 Å². The van der Waals surface area contributed by atoms with Gasteiger partial charge in [0.25, 0.3) is 0 Å². The molecule has 0 atom stereocenters. The van der Waals surface area contributed by atoms with Crippen LogP contribution < -0.4 is 0 Å². The molecule has 1 radical (unpaired) electrons. The number of hydrogen-bond acceptors (Lipinski definition) is 1. The summed E-state index contributed by atoms with van der Waals surface area (Å²) in [7, 11) is 0. The minimum atomic E-state index is 0. The molecule has 0 saturated heterocycles. The third-order valence-electron chi connectivity index (χ3n) is 0. The van der Waals surface area contributed by atoms with Crippen molar-refractivity contribution in [3.05, 3.63) is 0 Å². The monoisotopic (exact) mass is 379 g/mol. The Morgan fingerprint density at radius 2 is 1.25 bits per heavy atom. The Bertz CT molecular complexity index is 8.00. The summed E-state index contributed by atoms with van der Waals surface area (Å²) in [6, 6.07) is 0. The first-order valence-corrected chi connectivity index (χ1v) is 1.79. The Balaban J connectivity index is -0.00000000500. The SMILES string of the molecule is [Cu].[O]=[BiH].[SrH2].